The predicted molar refractivity (Wildman–Crippen MR) is 95.5 cm³/mol. The monoisotopic (exact) mass is 356 g/mol. The van der Waals surface area contributed by atoms with E-state index in [1.54, 1.807) is 54.6 Å². The van der Waals surface area contributed by atoms with Crippen molar-refractivity contribution in [1.82, 2.24) is 0 Å². The Hall–Kier alpha value is -3.19. The van der Waals surface area contributed by atoms with Crippen LogP contribution >= 0.6 is 0 Å². The first-order valence-electron chi connectivity index (χ1n) is 8.05. The van der Waals surface area contributed by atoms with Gasteiger partial charge < -0.3 is 20.9 Å². The zero-order chi connectivity index (χ0) is 18.9. The lowest BCUT2D eigenvalue weighted by molar-refractivity contribution is -0.138. The van der Waals surface area contributed by atoms with Gasteiger partial charge >= 0.3 is 11.9 Å². The molecule has 0 fully saturated rings. The average molecular weight is 356 g/mol. The maximum atomic E-state index is 12.0. The molecule has 2 aromatic carbocycles. The van der Waals surface area contributed by atoms with E-state index in [2.05, 4.69) is 5.32 Å². The van der Waals surface area contributed by atoms with Crippen molar-refractivity contribution in [1.29, 1.82) is 0 Å². The van der Waals surface area contributed by atoms with Crippen LogP contribution in [0, 0.1) is 0 Å². The number of hydrogen-bond acceptors (Lipinski definition) is 5. The number of rotatable bonds is 8. The van der Waals surface area contributed by atoms with Crippen LogP contribution in [-0.2, 0) is 20.9 Å². The van der Waals surface area contributed by atoms with Crippen LogP contribution in [0.5, 0.6) is 0 Å². The predicted octanol–water partition coefficient (Wildman–Crippen LogP) is 2.17. The van der Waals surface area contributed by atoms with E-state index in [0.29, 0.717) is 16.8 Å². The fraction of sp³-hybridized carbons (Fsp3) is 0.211. The smallest absolute Gasteiger partial charge is 0.338 e. The first-order valence-corrected chi connectivity index (χ1v) is 8.05. The molecule has 0 bridgehead atoms. The molecule has 0 saturated heterocycles. The average Bonchev–Trinajstić information content (AvgIpc) is 2.65. The Labute approximate surface area is 150 Å². The van der Waals surface area contributed by atoms with E-state index in [0.717, 1.165) is 0 Å². The summed E-state index contributed by atoms with van der Waals surface area (Å²) in [6.45, 7) is -0.00117. The lowest BCUT2D eigenvalue weighted by Crippen LogP contribution is -2.31. The summed E-state index contributed by atoms with van der Waals surface area (Å²) < 4.78 is 5.28. The van der Waals surface area contributed by atoms with Crippen molar-refractivity contribution in [3.05, 3.63) is 65.7 Å². The molecule has 1 amide bonds. The maximum Gasteiger partial charge on any atom is 0.338 e. The molecule has 0 saturated carbocycles. The van der Waals surface area contributed by atoms with E-state index < -0.39 is 18.0 Å². The quantitative estimate of drug-likeness (QED) is 0.624. The molecule has 0 heterocycles. The highest BCUT2D eigenvalue weighted by Crippen LogP contribution is 2.17. The highest BCUT2D eigenvalue weighted by atomic mass is 16.5. The molecule has 0 aliphatic carbocycles. The van der Waals surface area contributed by atoms with Crippen LogP contribution in [0.2, 0.25) is 0 Å². The van der Waals surface area contributed by atoms with Crippen LogP contribution in [0.3, 0.4) is 0 Å². The maximum absolute atomic E-state index is 12.0. The molecular weight excluding hydrogens is 336 g/mol. The van der Waals surface area contributed by atoms with Gasteiger partial charge in [0.2, 0.25) is 5.91 Å². The third-order valence-electron chi connectivity index (χ3n) is 3.66. The van der Waals surface area contributed by atoms with Gasteiger partial charge in [-0.2, -0.15) is 0 Å². The van der Waals surface area contributed by atoms with E-state index >= 15 is 0 Å². The molecule has 2 rings (SSSR count). The topological polar surface area (TPSA) is 119 Å². The van der Waals surface area contributed by atoms with Crippen molar-refractivity contribution >= 4 is 23.5 Å². The first kappa shape index (κ1) is 19.1. The molecule has 0 spiro atoms. The Morgan fingerprint density at radius 2 is 1.69 bits per heavy atom. The first-order chi connectivity index (χ1) is 12.5. The number of carbonyl (C=O) groups excluding carboxylic acids is 2. The van der Waals surface area contributed by atoms with Crippen LogP contribution in [0.25, 0.3) is 0 Å². The van der Waals surface area contributed by atoms with Gasteiger partial charge in [0.15, 0.2) is 0 Å². The Balaban J connectivity index is 1.94. The summed E-state index contributed by atoms with van der Waals surface area (Å²) in [6.07, 6.45) is 0.0118. The number of benzene rings is 2. The molecule has 136 valence electrons. The van der Waals surface area contributed by atoms with E-state index in [1.165, 1.54) is 0 Å². The number of nitrogens with two attached hydrogens (primary N) is 1. The number of anilines is 1. The summed E-state index contributed by atoms with van der Waals surface area (Å²) in [4.78, 5) is 34.7. The largest absolute Gasteiger partial charge is 0.480 e. The van der Waals surface area contributed by atoms with Crippen molar-refractivity contribution in [2.24, 2.45) is 5.73 Å². The lowest BCUT2D eigenvalue weighted by Gasteiger charge is -2.12. The number of carbonyl (C=O) groups is 3. The van der Waals surface area contributed by atoms with E-state index in [4.69, 9.17) is 15.6 Å². The van der Waals surface area contributed by atoms with E-state index in [-0.39, 0.29) is 25.4 Å². The number of amides is 1. The van der Waals surface area contributed by atoms with Gasteiger partial charge in [0, 0.05) is 17.7 Å². The Bertz CT molecular complexity index is 777. The second-order valence-corrected chi connectivity index (χ2v) is 5.63. The van der Waals surface area contributed by atoms with Crippen molar-refractivity contribution in [3.8, 4) is 0 Å². The number of carboxylic acids is 1. The van der Waals surface area contributed by atoms with Gasteiger partial charge in [-0.25, -0.2) is 4.79 Å². The summed E-state index contributed by atoms with van der Waals surface area (Å²) in [5.74, 6) is -1.96. The normalized spacial score (nSPS) is 11.4. The van der Waals surface area contributed by atoms with E-state index in [9.17, 15) is 14.4 Å². The van der Waals surface area contributed by atoms with Gasteiger partial charge in [-0.3, -0.25) is 9.59 Å². The van der Waals surface area contributed by atoms with Crippen molar-refractivity contribution < 1.29 is 24.2 Å². The Morgan fingerprint density at radius 1 is 1.04 bits per heavy atom. The van der Waals surface area contributed by atoms with Crippen LogP contribution in [0.15, 0.2) is 54.6 Å². The number of nitrogens with one attached hydrogen (secondary N) is 1. The van der Waals surface area contributed by atoms with Crippen molar-refractivity contribution in [2.75, 3.05) is 5.32 Å². The summed E-state index contributed by atoms with van der Waals surface area (Å²) in [7, 11) is 0. The van der Waals surface area contributed by atoms with Crippen LogP contribution in [0.4, 0.5) is 5.69 Å². The fourth-order valence-electron chi connectivity index (χ4n) is 2.19. The highest BCUT2D eigenvalue weighted by Gasteiger charge is 2.15. The number of para-hydroxylation sites is 1. The van der Waals surface area contributed by atoms with Gasteiger partial charge in [-0.1, -0.05) is 36.4 Å². The number of carboxylic acid groups (broad SMARTS) is 1. The molecule has 0 aliphatic rings. The van der Waals surface area contributed by atoms with Gasteiger partial charge in [0.05, 0.1) is 5.56 Å². The Morgan fingerprint density at radius 3 is 2.38 bits per heavy atom. The van der Waals surface area contributed by atoms with Gasteiger partial charge in [0.1, 0.15) is 12.6 Å². The number of aliphatic carboxylic acids is 1. The standard InChI is InChI=1S/C19H20N2O5/c20-15(18(23)24)10-11-17(22)21-16-9-5-4-8-14(16)12-26-19(25)13-6-2-1-3-7-13/h1-9,15H,10-12,20H2,(H,21,22)(H,23,24)/t15-/m0/s1. The number of esters is 1. The number of hydrogen-bond donors (Lipinski definition) is 3. The van der Waals surface area contributed by atoms with Crippen molar-refractivity contribution in [2.45, 2.75) is 25.5 Å². The van der Waals surface area contributed by atoms with Gasteiger partial charge in [-0.15, -0.1) is 0 Å². The van der Waals surface area contributed by atoms with Crippen LogP contribution < -0.4 is 11.1 Å². The van der Waals surface area contributed by atoms with Gasteiger partial charge in [0.25, 0.3) is 0 Å². The molecule has 26 heavy (non-hydrogen) atoms. The Kier molecular flexibility index (Phi) is 6.87. The zero-order valence-electron chi connectivity index (χ0n) is 14.1. The zero-order valence-corrected chi connectivity index (χ0v) is 14.1. The molecule has 0 unspecified atom stereocenters. The van der Waals surface area contributed by atoms with Crippen LogP contribution in [-0.4, -0.2) is 29.0 Å². The summed E-state index contributed by atoms with van der Waals surface area (Å²) in [5, 5.41) is 11.4. The molecule has 7 heteroatoms. The van der Waals surface area contributed by atoms with E-state index in [1.807, 2.05) is 0 Å². The second kappa shape index (κ2) is 9.33. The third kappa shape index (κ3) is 5.71. The highest BCUT2D eigenvalue weighted by molar-refractivity contribution is 5.92. The summed E-state index contributed by atoms with van der Waals surface area (Å²) in [5.41, 5.74) is 6.96. The minimum atomic E-state index is -1.15. The molecule has 2 aromatic rings. The molecule has 4 N–H and O–H groups in total. The minimum Gasteiger partial charge on any atom is -0.480 e. The lowest BCUT2D eigenvalue weighted by atomic mass is 10.1. The minimum absolute atomic E-state index is 0.00117. The molecular formula is C19H20N2O5. The second-order valence-electron chi connectivity index (χ2n) is 5.63. The van der Waals surface area contributed by atoms with Crippen molar-refractivity contribution in [3.63, 3.8) is 0 Å². The summed E-state index contributed by atoms with van der Waals surface area (Å²) in [6, 6.07) is 14.4. The van der Waals surface area contributed by atoms with Gasteiger partial charge in [-0.05, 0) is 24.6 Å². The fourth-order valence-corrected chi connectivity index (χ4v) is 2.19. The molecule has 7 nitrogen and oxygen atoms in total. The van der Waals surface area contributed by atoms with Crippen LogP contribution in [0.1, 0.15) is 28.8 Å². The number of ether oxygens (including phenoxy) is 1. The molecule has 0 radical (unpaired) electrons. The SMILES string of the molecule is N[C@@H](CCC(=O)Nc1ccccc1COC(=O)c1ccccc1)C(=O)O. The molecule has 0 aliphatic heterocycles. The molecule has 1 atom stereocenters. The molecule has 0 aromatic heterocycles. The summed E-state index contributed by atoms with van der Waals surface area (Å²) >= 11 is 0. The third-order valence-corrected chi connectivity index (χ3v) is 3.66.